The molecule has 1 N–H and O–H groups in total. The lowest BCUT2D eigenvalue weighted by Gasteiger charge is -2.08. The van der Waals surface area contributed by atoms with E-state index in [4.69, 9.17) is 4.74 Å². The van der Waals surface area contributed by atoms with E-state index < -0.39 is 27.1 Å². The van der Waals surface area contributed by atoms with E-state index in [0.717, 1.165) is 17.7 Å². The van der Waals surface area contributed by atoms with E-state index in [1.807, 2.05) is 31.2 Å². The van der Waals surface area contributed by atoms with Gasteiger partial charge in [-0.3, -0.25) is 25.0 Å². The van der Waals surface area contributed by atoms with Gasteiger partial charge in [0.1, 0.15) is 11.3 Å². The van der Waals surface area contributed by atoms with Crippen molar-refractivity contribution < 1.29 is 19.4 Å². The van der Waals surface area contributed by atoms with Gasteiger partial charge in [-0.25, -0.2) is 4.68 Å². The second-order valence-corrected chi connectivity index (χ2v) is 6.39. The quantitative estimate of drug-likeness (QED) is 0.462. The Labute approximate surface area is 170 Å². The highest BCUT2D eigenvalue weighted by atomic mass is 16.6. The molecule has 0 fully saturated rings. The summed E-state index contributed by atoms with van der Waals surface area (Å²) in [5.74, 6) is 0.00960. The summed E-state index contributed by atoms with van der Waals surface area (Å²) in [6.45, 7) is 3.24. The molecular weight excluding hydrogens is 394 g/mol. The molecule has 11 nitrogen and oxygen atoms in total. The highest BCUT2D eigenvalue weighted by Crippen LogP contribution is 2.31. The van der Waals surface area contributed by atoms with Crippen molar-refractivity contribution in [2.75, 3.05) is 5.32 Å². The van der Waals surface area contributed by atoms with Gasteiger partial charge >= 0.3 is 0 Å². The molecule has 0 saturated carbocycles. The fraction of sp³-hybridized carbons (Fsp3) is 0.158. The van der Waals surface area contributed by atoms with Crippen molar-refractivity contribution in [1.29, 1.82) is 0 Å². The van der Waals surface area contributed by atoms with Crippen LogP contribution >= 0.6 is 0 Å². The molecule has 0 radical (unpaired) electrons. The molecule has 0 spiro atoms. The molecule has 0 unspecified atom stereocenters. The van der Waals surface area contributed by atoms with Crippen molar-refractivity contribution in [2.24, 2.45) is 0 Å². The molecule has 1 heterocycles. The molecule has 3 rings (SSSR count). The summed E-state index contributed by atoms with van der Waals surface area (Å²) in [4.78, 5) is 33.3. The van der Waals surface area contributed by atoms with Gasteiger partial charge in [-0.2, -0.15) is 5.10 Å². The Hall–Kier alpha value is -4.28. The van der Waals surface area contributed by atoms with Crippen LogP contribution in [0.3, 0.4) is 0 Å². The first-order valence-electron chi connectivity index (χ1n) is 8.73. The molecule has 2 aromatic carbocycles. The Kier molecular flexibility index (Phi) is 5.72. The third-order valence-electron chi connectivity index (χ3n) is 4.32. The topological polar surface area (TPSA) is 142 Å². The first kappa shape index (κ1) is 20.5. The second kappa shape index (κ2) is 8.39. The summed E-state index contributed by atoms with van der Waals surface area (Å²) >= 11 is 0. The van der Waals surface area contributed by atoms with Crippen LogP contribution in [0.5, 0.6) is 5.75 Å². The summed E-state index contributed by atoms with van der Waals surface area (Å²) in [5.41, 5.74) is -0.122. The molecule has 0 aliphatic carbocycles. The standard InChI is InChI=1S/C19H17N5O6/c1-12-5-3-4-6-18(12)30-11-22-8-7-15(21-22)19(25)20-14-9-16(23(26)27)13(2)17(10-14)24(28)29/h3-10H,11H2,1-2H3,(H,20,25). The number of anilines is 1. The third kappa shape index (κ3) is 4.41. The minimum absolute atomic E-state index is 0.0225. The Morgan fingerprint density at radius 3 is 2.33 bits per heavy atom. The molecule has 0 saturated heterocycles. The van der Waals surface area contributed by atoms with E-state index in [1.54, 1.807) is 0 Å². The van der Waals surface area contributed by atoms with Crippen molar-refractivity contribution in [3.8, 4) is 5.75 Å². The summed E-state index contributed by atoms with van der Waals surface area (Å²) in [6.07, 6.45) is 1.53. The molecule has 154 valence electrons. The largest absolute Gasteiger partial charge is 0.471 e. The Morgan fingerprint density at radius 2 is 1.73 bits per heavy atom. The highest BCUT2D eigenvalue weighted by molar-refractivity contribution is 6.03. The normalized spacial score (nSPS) is 10.5. The first-order chi connectivity index (χ1) is 14.3. The smallest absolute Gasteiger partial charge is 0.281 e. The van der Waals surface area contributed by atoms with Gasteiger partial charge in [0.15, 0.2) is 12.4 Å². The zero-order valence-electron chi connectivity index (χ0n) is 16.1. The van der Waals surface area contributed by atoms with Crippen molar-refractivity contribution in [1.82, 2.24) is 9.78 Å². The van der Waals surface area contributed by atoms with Crippen molar-refractivity contribution >= 4 is 23.0 Å². The maximum Gasteiger partial charge on any atom is 0.281 e. The summed E-state index contributed by atoms with van der Waals surface area (Å²) in [6, 6.07) is 11.0. The van der Waals surface area contributed by atoms with E-state index >= 15 is 0 Å². The van der Waals surface area contributed by atoms with E-state index in [2.05, 4.69) is 10.4 Å². The lowest BCUT2D eigenvalue weighted by molar-refractivity contribution is -0.395. The van der Waals surface area contributed by atoms with Gasteiger partial charge in [-0.15, -0.1) is 0 Å². The number of carbonyl (C=O) groups is 1. The summed E-state index contributed by atoms with van der Waals surface area (Å²) < 4.78 is 7.05. The van der Waals surface area contributed by atoms with Gasteiger partial charge < -0.3 is 10.1 Å². The number of nitro groups is 2. The number of aryl methyl sites for hydroxylation is 1. The molecule has 1 aromatic heterocycles. The van der Waals surface area contributed by atoms with E-state index in [9.17, 15) is 25.0 Å². The Bertz CT molecular complexity index is 1100. The average molecular weight is 411 g/mol. The van der Waals surface area contributed by atoms with E-state index in [1.165, 1.54) is 23.9 Å². The zero-order valence-corrected chi connectivity index (χ0v) is 16.1. The SMILES string of the molecule is Cc1ccccc1OCn1ccc(C(=O)Nc2cc([N+](=O)[O-])c(C)c([N+](=O)[O-])c2)n1. The number of rotatable bonds is 7. The third-order valence-corrected chi connectivity index (χ3v) is 4.32. The van der Waals surface area contributed by atoms with Gasteiger partial charge in [0.2, 0.25) is 0 Å². The van der Waals surface area contributed by atoms with Gasteiger partial charge in [-0.1, -0.05) is 18.2 Å². The monoisotopic (exact) mass is 411 g/mol. The molecule has 3 aromatic rings. The molecular formula is C19H17N5O6. The lowest BCUT2D eigenvalue weighted by atomic mass is 10.1. The van der Waals surface area contributed by atoms with Gasteiger partial charge in [0, 0.05) is 18.3 Å². The number of nitro benzene ring substituents is 2. The van der Waals surface area contributed by atoms with Gasteiger partial charge in [0.25, 0.3) is 17.3 Å². The fourth-order valence-electron chi connectivity index (χ4n) is 2.74. The number of ether oxygens (including phenoxy) is 1. The summed E-state index contributed by atoms with van der Waals surface area (Å²) in [7, 11) is 0. The molecule has 0 aliphatic rings. The van der Waals surface area contributed by atoms with Crippen LogP contribution in [0.1, 0.15) is 21.6 Å². The number of benzene rings is 2. The maximum atomic E-state index is 12.4. The number of para-hydroxylation sites is 1. The molecule has 0 atom stereocenters. The molecule has 0 bridgehead atoms. The van der Waals surface area contributed by atoms with Crippen LogP contribution in [0.2, 0.25) is 0 Å². The van der Waals surface area contributed by atoms with Crippen molar-refractivity contribution in [2.45, 2.75) is 20.6 Å². The minimum atomic E-state index is -0.740. The highest BCUT2D eigenvalue weighted by Gasteiger charge is 2.24. The van der Waals surface area contributed by atoms with E-state index in [0.29, 0.717) is 5.75 Å². The van der Waals surface area contributed by atoms with Crippen LogP contribution in [-0.2, 0) is 6.73 Å². The van der Waals surface area contributed by atoms with Crippen LogP contribution in [0.15, 0.2) is 48.7 Å². The number of nitrogens with zero attached hydrogens (tertiary/aromatic N) is 4. The van der Waals surface area contributed by atoms with Crippen molar-refractivity contribution in [3.63, 3.8) is 0 Å². The maximum absolute atomic E-state index is 12.4. The fourth-order valence-corrected chi connectivity index (χ4v) is 2.74. The predicted molar refractivity (Wildman–Crippen MR) is 106 cm³/mol. The first-order valence-corrected chi connectivity index (χ1v) is 8.73. The molecule has 1 amide bonds. The van der Waals surface area contributed by atoms with Crippen LogP contribution in [0.25, 0.3) is 0 Å². The molecule has 30 heavy (non-hydrogen) atoms. The number of amides is 1. The van der Waals surface area contributed by atoms with Gasteiger partial charge in [-0.05, 0) is 31.5 Å². The number of aromatic nitrogens is 2. The lowest BCUT2D eigenvalue weighted by Crippen LogP contribution is -2.15. The number of hydrogen-bond acceptors (Lipinski definition) is 7. The Morgan fingerprint density at radius 1 is 1.10 bits per heavy atom. The minimum Gasteiger partial charge on any atom is -0.471 e. The van der Waals surface area contributed by atoms with Crippen LogP contribution < -0.4 is 10.1 Å². The number of nitrogens with one attached hydrogen (secondary N) is 1. The summed E-state index contributed by atoms with van der Waals surface area (Å²) in [5, 5.41) is 28.8. The zero-order chi connectivity index (χ0) is 21.8. The van der Waals surface area contributed by atoms with E-state index in [-0.39, 0.29) is 23.7 Å². The number of hydrogen-bond donors (Lipinski definition) is 1. The Balaban J connectivity index is 1.75. The number of carbonyl (C=O) groups excluding carboxylic acids is 1. The molecule has 0 aliphatic heterocycles. The van der Waals surface area contributed by atoms with Crippen molar-refractivity contribution in [3.05, 3.63) is 85.7 Å². The molecule has 11 heteroatoms. The van der Waals surface area contributed by atoms with Crippen LogP contribution in [-0.4, -0.2) is 25.5 Å². The van der Waals surface area contributed by atoms with Crippen LogP contribution in [0.4, 0.5) is 17.1 Å². The second-order valence-electron chi connectivity index (χ2n) is 6.39. The average Bonchev–Trinajstić information content (AvgIpc) is 3.17. The van der Waals surface area contributed by atoms with Crippen LogP contribution in [0, 0.1) is 34.1 Å². The van der Waals surface area contributed by atoms with Gasteiger partial charge in [0.05, 0.1) is 15.5 Å². The predicted octanol–water partition coefficient (Wildman–Crippen LogP) is 3.61.